The van der Waals surface area contributed by atoms with Crippen LogP contribution >= 0.6 is 0 Å². The highest BCUT2D eigenvalue weighted by Gasteiger charge is 2.05. The van der Waals surface area contributed by atoms with Crippen molar-refractivity contribution in [2.75, 3.05) is 0 Å². The first-order chi connectivity index (χ1) is 6.72. The standard InChI is InChI=1S/C10H5FN2O/c11-9-2-1-6(4-12)7-3-10(14)13-5-8(7)9/h1-3,5H,(H,13,14). The highest BCUT2D eigenvalue weighted by atomic mass is 19.1. The molecular formula is C10H5FN2O. The minimum absolute atomic E-state index is 0.253. The summed E-state index contributed by atoms with van der Waals surface area (Å²) in [5, 5.41) is 9.33. The van der Waals surface area contributed by atoms with Crippen molar-refractivity contribution in [2.24, 2.45) is 0 Å². The number of aromatic nitrogens is 1. The quantitative estimate of drug-likeness (QED) is 0.681. The van der Waals surface area contributed by atoms with Crippen molar-refractivity contribution in [2.45, 2.75) is 0 Å². The lowest BCUT2D eigenvalue weighted by Crippen LogP contribution is -2.03. The fourth-order valence-electron chi connectivity index (χ4n) is 1.33. The van der Waals surface area contributed by atoms with Crippen LogP contribution in [0.3, 0.4) is 0 Å². The molecule has 0 spiro atoms. The second-order valence-electron chi connectivity index (χ2n) is 2.83. The van der Waals surface area contributed by atoms with Gasteiger partial charge < -0.3 is 4.98 Å². The van der Waals surface area contributed by atoms with Crippen molar-refractivity contribution in [3.8, 4) is 6.07 Å². The summed E-state index contributed by atoms with van der Waals surface area (Å²) in [7, 11) is 0. The molecule has 14 heavy (non-hydrogen) atoms. The normalized spacial score (nSPS) is 10.0. The predicted octanol–water partition coefficient (Wildman–Crippen LogP) is 1.54. The van der Waals surface area contributed by atoms with Crippen LogP contribution in [0.25, 0.3) is 10.8 Å². The number of aromatic amines is 1. The average Bonchev–Trinajstić information content (AvgIpc) is 2.18. The molecule has 0 saturated carbocycles. The van der Waals surface area contributed by atoms with Crippen LogP contribution in [0, 0.1) is 17.1 Å². The maximum Gasteiger partial charge on any atom is 0.248 e. The van der Waals surface area contributed by atoms with Crippen LogP contribution in [-0.2, 0) is 0 Å². The summed E-state index contributed by atoms with van der Waals surface area (Å²) in [4.78, 5) is 13.3. The zero-order chi connectivity index (χ0) is 10.1. The number of halogens is 1. The smallest absolute Gasteiger partial charge is 0.248 e. The van der Waals surface area contributed by atoms with Gasteiger partial charge in [0.15, 0.2) is 0 Å². The summed E-state index contributed by atoms with van der Waals surface area (Å²) in [6.07, 6.45) is 1.27. The summed E-state index contributed by atoms with van der Waals surface area (Å²) in [6.45, 7) is 0. The molecule has 3 nitrogen and oxygen atoms in total. The van der Waals surface area contributed by atoms with E-state index < -0.39 is 5.82 Å². The lowest BCUT2D eigenvalue weighted by molar-refractivity contribution is 0.639. The Balaban J connectivity index is 3.01. The largest absolute Gasteiger partial charge is 0.328 e. The first-order valence-electron chi connectivity index (χ1n) is 3.93. The number of nitriles is 1. The van der Waals surface area contributed by atoms with E-state index in [-0.39, 0.29) is 10.9 Å². The monoisotopic (exact) mass is 188 g/mol. The molecule has 0 aliphatic heterocycles. The highest BCUT2D eigenvalue weighted by molar-refractivity contribution is 5.87. The molecule has 0 radical (unpaired) electrons. The van der Waals surface area contributed by atoms with Gasteiger partial charge in [-0.25, -0.2) is 4.39 Å². The third-order valence-corrected chi connectivity index (χ3v) is 1.99. The Morgan fingerprint density at radius 3 is 2.86 bits per heavy atom. The van der Waals surface area contributed by atoms with E-state index in [1.807, 2.05) is 6.07 Å². The SMILES string of the molecule is N#Cc1ccc(F)c2c[nH]c(=O)cc12. The number of benzene rings is 1. The first kappa shape index (κ1) is 8.45. The summed E-state index contributed by atoms with van der Waals surface area (Å²) >= 11 is 0. The Morgan fingerprint density at radius 1 is 1.36 bits per heavy atom. The molecule has 0 atom stereocenters. The van der Waals surface area contributed by atoms with Crippen LogP contribution < -0.4 is 5.56 Å². The lowest BCUT2D eigenvalue weighted by Gasteiger charge is -1.99. The number of hydrogen-bond donors (Lipinski definition) is 1. The Kier molecular flexibility index (Phi) is 1.79. The molecule has 1 aromatic carbocycles. The van der Waals surface area contributed by atoms with Gasteiger partial charge in [0.1, 0.15) is 5.82 Å². The second kappa shape index (κ2) is 2.96. The topological polar surface area (TPSA) is 56.6 Å². The molecule has 0 aliphatic rings. The van der Waals surface area contributed by atoms with Crippen LogP contribution in [0.4, 0.5) is 4.39 Å². The average molecular weight is 188 g/mol. The van der Waals surface area contributed by atoms with Crippen LogP contribution in [0.2, 0.25) is 0 Å². The van der Waals surface area contributed by atoms with E-state index in [0.717, 1.165) is 0 Å². The Morgan fingerprint density at radius 2 is 2.14 bits per heavy atom. The van der Waals surface area contributed by atoms with Gasteiger partial charge in [0.05, 0.1) is 11.6 Å². The maximum absolute atomic E-state index is 13.2. The fraction of sp³-hybridized carbons (Fsp3) is 0. The minimum atomic E-state index is -0.449. The van der Waals surface area contributed by atoms with Gasteiger partial charge in [0.2, 0.25) is 5.56 Å². The summed E-state index contributed by atoms with van der Waals surface area (Å²) in [6, 6.07) is 5.69. The van der Waals surface area contributed by atoms with E-state index in [1.165, 1.54) is 24.4 Å². The Hall–Kier alpha value is -2.15. The van der Waals surface area contributed by atoms with Crippen molar-refractivity contribution in [3.05, 3.63) is 46.1 Å². The van der Waals surface area contributed by atoms with Crippen molar-refractivity contribution in [3.63, 3.8) is 0 Å². The van der Waals surface area contributed by atoms with Gasteiger partial charge in [-0.1, -0.05) is 0 Å². The molecule has 4 heteroatoms. The van der Waals surface area contributed by atoms with E-state index in [4.69, 9.17) is 5.26 Å². The van der Waals surface area contributed by atoms with Gasteiger partial charge in [0, 0.05) is 23.0 Å². The number of H-pyrrole nitrogens is 1. The number of pyridine rings is 1. The summed E-state index contributed by atoms with van der Waals surface area (Å²) in [5.41, 5.74) is -0.0490. The molecule has 0 bridgehead atoms. The number of hydrogen-bond acceptors (Lipinski definition) is 2. The first-order valence-corrected chi connectivity index (χ1v) is 3.93. The molecule has 0 saturated heterocycles. The van der Waals surface area contributed by atoms with Gasteiger partial charge in [-0.15, -0.1) is 0 Å². The molecule has 1 aromatic heterocycles. The molecular weight excluding hydrogens is 183 g/mol. The van der Waals surface area contributed by atoms with Gasteiger partial charge >= 0.3 is 0 Å². The van der Waals surface area contributed by atoms with Crippen LogP contribution in [0.15, 0.2) is 29.2 Å². The van der Waals surface area contributed by atoms with Crippen LogP contribution in [-0.4, -0.2) is 4.98 Å². The van der Waals surface area contributed by atoms with Crippen molar-refractivity contribution >= 4 is 10.8 Å². The number of nitrogens with one attached hydrogen (secondary N) is 1. The Labute approximate surface area is 78.4 Å². The van der Waals surface area contributed by atoms with E-state index >= 15 is 0 Å². The lowest BCUT2D eigenvalue weighted by atomic mass is 10.1. The highest BCUT2D eigenvalue weighted by Crippen LogP contribution is 2.18. The van der Waals surface area contributed by atoms with Crippen molar-refractivity contribution in [1.82, 2.24) is 4.98 Å². The summed E-state index contributed by atoms with van der Waals surface area (Å²) in [5.74, 6) is -0.449. The number of nitrogens with zero attached hydrogens (tertiary/aromatic N) is 1. The summed E-state index contributed by atoms with van der Waals surface area (Å²) < 4.78 is 13.2. The van der Waals surface area contributed by atoms with Crippen LogP contribution in [0.5, 0.6) is 0 Å². The molecule has 0 aliphatic carbocycles. The predicted molar refractivity (Wildman–Crippen MR) is 49.2 cm³/mol. The zero-order valence-corrected chi connectivity index (χ0v) is 7.04. The molecule has 2 rings (SSSR count). The van der Waals surface area contributed by atoms with Crippen molar-refractivity contribution in [1.29, 1.82) is 5.26 Å². The van der Waals surface area contributed by atoms with Crippen LogP contribution in [0.1, 0.15) is 5.56 Å². The Bertz CT molecular complexity index is 595. The van der Waals surface area contributed by atoms with Gasteiger partial charge in [0.25, 0.3) is 0 Å². The molecule has 0 unspecified atom stereocenters. The van der Waals surface area contributed by atoms with Crippen molar-refractivity contribution < 1.29 is 4.39 Å². The van der Waals surface area contributed by atoms with E-state index in [2.05, 4.69) is 4.98 Å². The molecule has 0 amide bonds. The molecule has 0 fully saturated rings. The van der Waals surface area contributed by atoms with Gasteiger partial charge in [-0.3, -0.25) is 4.79 Å². The van der Waals surface area contributed by atoms with Gasteiger partial charge in [-0.2, -0.15) is 5.26 Å². The van der Waals surface area contributed by atoms with E-state index in [9.17, 15) is 9.18 Å². The third kappa shape index (κ3) is 1.15. The zero-order valence-electron chi connectivity index (χ0n) is 7.04. The second-order valence-corrected chi connectivity index (χ2v) is 2.83. The fourth-order valence-corrected chi connectivity index (χ4v) is 1.33. The molecule has 1 heterocycles. The molecule has 1 N–H and O–H groups in total. The van der Waals surface area contributed by atoms with E-state index in [1.54, 1.807) is 0 Å². The molecule has 68 valence electrons. The van der Waals surface area contributed by atoms with Gasteiger partial charge in [-0.05, 0) is 12.1 Å². The third-order valence-electron chi connectivity index (χ3n) is 1.99. The minimum Gasteiger partial charge on any atom is -0.328 e. The maximum atomic E-state index is 13.2. The number of rotatable bonds is 0. The number of fused-ring (bicyclic) bond motifs is 1. The van der Waals surface area contributed by atoms with E-state index in [0.29, 0.717) is 10.9 Å². The molecule has 2 aromatic rings.